The number of anilines is 1. The molecule has 2 aliphatic rings. The van der Waals surface area contributed by atoms with Gasteiger partial charge in [-0.1, -0.05) is 6.42 Å². The van der Waals surface area contributed by atoms with Gasteiger partial charge in [0.05, 0.1) is 5.25 Å². The molecule has 0 spiro atoms. The third-order valence-corrected chi connectivity index (χ3v) is 4.66. The minimum Gasteiger partial charge on any atom is -0.486 e. The van der Waals surface area contributed by atoms with Crippen LogP contribution >= 0.6 is 11.8 Å². The van der Waals surface area contributed by atoms with Crippen LogP contribution < -0.4 is 14.8 Å². The van der Waals surface area contributed by atoms with Gasteiger partial charge in [0, 0.05) is 11.8 Å². The van der Waals surface area contributed by atoms with E-state index in [0.29, 0.717) is 19.0 Å². The fourth-order valence-corrected chi connectivity index (χ4v) is 3.49. The maximum Gasteiger partial charge on any atom is 0.237 e. The third-order valence-electron chi connectivity index (χ3n) is 3.28. The fourth-order valence-electron chi connectivity index (χ4n) is 2.29. The second-order valence-electron chi connectivity index (χ2n) is 4.70. The summed E-state index contributed by atoms with van der Waals surface area (Å²) in [6.07, 6.45) is 3.34. The Bertz CT molecular complexity index is 472. The molecule has 0 radical (unpaired) electrons. The topological polar surface area (TPSA) is 47.6 Å². The first-order chi connectivity index (χ1) is 9.33. The number of thioether (sulfide) groups is 1. The molecule has 19 heavy (non-hydrogen) atoms. The molecule has 1 amide bonds. The molecule has 1 aromatic rings. The number of carbonyl (C=O) groups excluding carboxylic acids is 1. The summed E-state index contributed by atoms with van der Waals surface area (Å²) < 4.78 is 11.0. The fraction of sp³-hybridized carbons (Fsp3) is 0.500. The number of amides is 1. The van der Waals surface area contributed by atoms with E-state index in [-0.39, 0.29) is 11.2 Å². The summed E-state index contributed by atoms with van der Waals surface area (Å²) in [5.41, 5.74) is 0.778. The number of ether oxygens (including phenoxy) is 2. The molecule has 0 aliphatic carbocycles. The molecule has 2 aliphatic heterocycles. The van der Waals surface area contributed by atoms with Gasteiger partial charge < -0.3 is 14.8 Å². The van der Waals surface area contributed by atoms with Gasteiger partial charge in [0.25, 0.3) is 0 Å². The van der Waals surface area contributed by atoms with Crippen LogP contribution in [0.25, 0.3) is 0 Å². The molecule has 1 unspecified atom stereocenters. The van der Waals surface area contributed by atoms with Crippen LogP contribution in [0, 0.1) is 0 Å². The lowest BCUT2D eigenvalue weighted by atomic mass is 10.1. The molecular weight excluding hydrogens is 262 g/mol. The van der Waals surface area contributed by atoms with Crippen LogP contribution in [-0.2, 0) is 4.79 Å². The van der Waals surface area contributed by atoms with Crippen LogP contribution in [0.4, 0.5) is 5.69 Å². The van der Waals surface area contributed by atoms with E-state index in [4.69, 9.17) is 9.47 Å². The highest BCUT2D eigenvalue weighted by molar-refractivity contribution is 8.00. The zero-order chi connectivity index (χ0) is 13.1. The van der Waals surface area contributed by atoms with Gasteiger partial charge in [0.15, 0.2) is 11.5 Å². The molecule has 0 bridgehead atoms. The number of carbonyl (C=O) groups is 1. The van der Waals surface area contributed by atoms with Crippen LogP contribution in [0.5, 0.6) is 11.5 Å². The molecule has 102 valence electrons. The van der Waals surface area contributed by atoms with Gasteiger partial charge in [0.2, 0.25) is 5.91 Å². The lowest BCUT2D eigenvalue weighted by Gasteiger charge is -2.22. The number of fused-ring (bicyclic) bond motifs is 1. The number of benzene rings is 1. The number of hydrogen-bond donors (Lipinski definition) is 1. The first kappa shape index (κ1) is 12.7. The van der Waals surface area contributed by atoms with E-state index < -0.39 is 0 Å². The molecule has 3 rings (SSSR count). The second-order valence-corrected chi connectivity index (χ2v) is 6.01. The van der Waals surface area contributed by atoms with Crippen molar-refractivity contribution in [2.75, 3.05) is 24.3 Å². The predicted molar refractivity (Wildman–Crippen MR) is 76.2 cm³/mol. The lowest BCUT2D eigenvalue weighted by molar-refractivity contribution is -0.115. The summed E-state index contributed by atoms with van der Waals surface area (Å²) in [5, 5.41) is 3.05. The smallest absolute Gasteiger partial charge is 0.237 e. The molecule has 0 saturated carbocycles. The molecule has 0 aromatic heterocycles. The maximum atomic E-state index is 12.1. The summed E-state index contributed by atoms with van der Waals surface area (Å²) in [4.78, 5) is 12.1. The summed E-state index contributed by atoms with van der Waals surface area (Å²) in [7, 11) is 0. The van der Waals surface area contributed by atoms with E-state index in [1.54, 1.807) is 11.8 Å². The minimum absolute atomic E-state index is 0.0851. The van der Waals surface area contributed by atoms with Gasteiger partial charge in [-0.25, -0.2) is 0 Å². The Morgan fingerprint density at radius 3 is 2.84 bits per heavy atom. The largest absolute Gasteiger partial charge is 0.486 e. The van der Waals surface area contributed by atoms with Gasteiger partial charge in [-0.3, -0.25) is 4.79 Å². The molecule has 4 nitrogen and oxygen atoms in total. The van der Waals surface area contributed by atoms with Crippen LogP contribution in [0.3, 0.4) is 0 Å². The van der Waals surface area contributed by atoms with E-state index >= 15 is 0 Å². The van der Waals surface area contributed by atoms with E-state index in [9.17, 15) is 4.79 Å². The summed E-state index contributed by atoms with van der Waals surface area (Å²) >= 11 is 1.75. The van der Waals surface area contributed by atoms with E-state index in [2.05, 4.69) is 5.32 Å². The minimum atomic E-state index is 0.0851. The van der Waals surface area contributed by atoms with Gasteiger partial charge in [-0.2, -0.15) is 0 Å². The van der Waals surface area contributed by atoms with Crippen molar-refractivity contribution in [2.45, 2.75) is 24.5 Å². The Balaban J connectivity index is 1.67. The van der Waals surface area contributed by atoms with E-state index in [1.165, 1.54) is 6.42 Å². The average molecular weight is 279 g/mol. The SMILES string of the molecule is O=C(Nc1ccc2c(c1)OCCO2)C1CCCCS1. The Labute approximate surface area is 116 Å². The van der Waals surface area contributed by atoms with Crippen molar-refractivity contribution in [2.24, 2.45) is 0 Å². The van der Waals surface area contributed by atoms with Crippen LogP contribution in [-0.4, -0.2) is 30.1 Å². The van der Waals surface area contributed by atoms with Crippen molar-refractivity contribution in [3.63, 3.8) is 0 Å². The Kier molecular flexibility index (Phi) is 3.82. The van der Waals surface area contributed by atoms with Crippen LogP contribution in [0.2, 0.25) is 0 Å². The molecule has 5 heteroatoms. The van der Waals surface area contributed by atoms with Gasteiger partial charge in [-0.15, -0.1) is 11.8 Å². The Hall–Kier alpha value is -1.36. The number of nitrogens with one attached hydrogen (secondary N) is 1. The molecule has 1 fully saturated rings. The molecule has 1 saturated heterocycles. The number of hydrogen-bond acceptors (Lipinski definition) is 4. The van der Waals surface area contributed by atoms with Crippen molar-refractivity contribution in [3.05, 3.63) is 18.2 Å². The van der Waals surface area contributed by atoms with Crippen molar-refractivity contribution in [1.82, 2.24) is 0 Å². The first-order valence-electron chi connectivity index (χ1n) is 6.65. The normalized spacial score (nSPS) is 21.8. The quantitative estimate of drug-likeness (QED) is 0.904. The third kappa shape index (κ3) is 2.97. The van der Waals surface area contributed by atoms with Crippen LogP contribution in [0.15, 0.2) is 18.2 Å². The Morgan fingerprint density at radius 1 is 1.21 bits per heavy atom. The summed E-state index contributed by atoms with van der Waals surface area (Å²) in [5.74, 6) is 2.64. The highest BCUT2D eigenvalue weighted by Crippen LogP contribution is 2.33. The predicted octanol–water partition coefficient (Wildman–Crippen LogP) is 2.68. The number of rotatable bonds is 2. The molecule has 1 aromatic carbocycles. The maximum absolute atomic E-state index is 12.1. The van der Waals surface area contributed by atoms with Crippen molar-refractivity contribution in [3.8, 4) is 11.5 Å². The van der Waals surface area contributed by atoms with E-state index in [1.807, 2.05) is 18.2 Å². The molecule has 1 N–H and O–H groups in total. The summed E-state index contributed by atoms with van der Waals surface area (Å²) in [6.45, 7) is 1.14. The van der Waals surface area contributed by atoms with Crippen molar-refractivity contribution in [1.29, 1.82) is 0 Å². The monoisotopic (exact) mass is 279 g/mol. The summed E-state index contributed by atoms with van der Waals surface area (Å²) in [6, 6.07) is 5.54. The molecular formula is C14H17NO3S. The standard InChI is InChI=1S/C14H17NO3S/c16-14(13-3-1-2-8-19-13)15-10-4-5-11-12(9-10)18-7-6-17-11/h4-5,9,13H,1-3,6-8H2,(H,15,16). The highest BCUT2D eigenvalue weighted by Gasteiger charge is 2.22. The second kappa shape index (κ2) is 5.74. The van der Waals surface area contributed by atoms with Crippen molar-refractivity contribution >= 4 is 23.4 Å². The Morgan fingerprint density at radius 2 is 2.05 bits per heavy atom. The molecule has 1 atom stereocenters. The average Bonchev–Trinajstić information content (AvgIpc) is 2.48. The van der Waals surface area contributed by atoms with Gasteiger partial charge in [-0.05, 0) is 30.7 Å². The van der Waals surface area contributed by atoms with Gasteiger partial charge >= 0.3 is 0 Å². The zero-order valence-corrected chi connectivity index (χ0v) is 11.5. The van der Waals surface area contributed by atoms with Crippen molar-refractivity contribution < 1.29 is 14.3 Å². The first-order valence-corrected chi connectivity index (χ1v) is 7.70. The zero-order valence-electron chi connectivity index (χ0n) is 10.7. The van der Waals surface area contributed by atoms with Crippen LogP contribution in [0.1, 0.15) is 19.3 Å². The lowest BCUT2D eigenvalue weighted by Crippen LogP contribution is -2.27. The highest BCUT2D eigenvalue weighted by atomic mass is 32.2. The van der Waals surface area contributed by atoms with E-state index in [0.717, 1.165) is 30.0 Å². The van der Waals surface area contributed by atoms with Gasteiger partial charge in [0.1, 0.15) is 13.2 Å². The molecule has 2 heterocycles.